The van der Waals surface area contributed by atoms with Crippen LogP contribution in [0.3, 0.4) is 0 Å². The molecular weight excluding hydrogens is 387 g/mol. The monoisotopic (exact) mass is 421 g/mol. The van der Waals surface area contributed by atoms with Crippen LogP contribution < -0.4 is 5.32 Å². The number of nitrogens with one attached hydrogen (secondary N) is 1. The van der Waals surface area contributed by atoms with Gasteiger partial charge in [0.15, 0.2) is 0 Å². The predicted molar refractivity (Wildman–Crippen MR) is 119 cm³/mol. The summed E-state index contributed by atoms with van der Waals surface area (Å²) in [5.41, 5.74) is 2.80. The van der Waals surface area contributed by atoms with Crippen molar-refractivity contribution in [2.24, 2.45) is 11.8 Å². The lowest BCUT2D eigenvalue weighted by molar-refractivity contribution is -0.127. The summed E-state index contributed by atoms with van der Waals surface area (Å²) in [6.45, 7) is 15.3. The molecule has 1 aromatic carbocycles. The number of anilines is 1. The van der Waals surface area contributed by atoms with E-state index in [9.17, 15) is 18.0 Å². The number of halogens is 3. The highest BCUT2D eigenvalue weighted by molar-refractivity contribution is 6.03. The van der Waals surface area contributed by atoms with Crippen molar-refractivity contribution in [3.05, 3.63) is 65.8 Å². The molecule has 0 fully saturated rings. The van der Waals surface area contributed by atoms with Crippen LogP contribution in [0.25, 0.3) is 0 Å². The number of alkyl halides is 3. The molecule has 1 amide bonds. The Hall–Kier alpha value is -2.30. The van der Waals surface area contributed by atoms with Gasteiger partial charge in [-0.1, -0.05) is 63.6 Å². The summed E-state index contributed by atoms with van der Waals surface area (Å²) in [4.78, 5) is 12.5. The summed E-state index contributed by atoms with van der Waals surface area (Å²) in [6.07, 6.45) is 0.563. The lowest BCUT2D eigenvalue weighted by Crippen LogP contribution is -2.15. The van der Waals surface area contributed by atoms with E-state index in [-0.39, 0.29) is 28.7 Å². The molecule has 1 aromatic rings. The van der Waals surface area contributed by atoms with Gasteiger partial charge >= 0.3 is 6.18 Å². The van der Waals surface area contributed by atoms with Crippen molar-refractivity contribution in [3.8, 4) is 0 Å². The molecule has 0 heterocycles. The Bertz CT molecular complexity index is 780. The molecule has 0 saturated carbocycles. The highest BCUT2D eigenvalue weighted by Gasteiger charge is 2.27. The quantitative estimate of drug-likeness (QED) is 0.340. The molecule has 5 heteroatoms. The van der Waals surface area contributed by atoms with Gasteiger partial charge < -0.3 is 5.32 Å². The Morgan fingerprint density at radius 3 is 2.13 bits per heavy atom. The SMILES string of the molecule is C=CC(/C=C(/C)CC(F)(F)F)CC(C)/C=C(\C)C(=O)Nc1ccc(C(C)(C)C)cc1. The number of hydrogen-bond donors (Lipinski definition) is 1. The fourth-order valence-electron chi connectivity index (χ4n) is 3.26. The van der Waals surface area contributed by atoms with Crippen LogP contribution in [-0.4, -0.2) is 12.1 Å². The molecule has 2 atom stereocenters. The first-order valence-electron chi connectivity index (χ1n) is 10.2. The molecule has 166 valence electrons. The fraction of sp³-hybridized carbons (Fsp3) is 0.480. The van der Waals surface area contributed by atoms with Gasteiger partial charge in [-0.2, -0.15) is 13.2 Å². The molecule has 0 aliphatic carbocycles. The Labute approximate surface area is 179 Å². The van der Waals surface area contributed by atoms with Gasteiger partial charge in [0.2, 0.25) is 0 Å². The van der Waals surface area contributed by atoms with Gasteiger partial charge in [0.05, 0.1) is 6.42 Å². The summed E-state index contributed by atoms with van der Waals surface area (Å²) in [5, 5.41) is 2.89. The van der Waals surface area contributed by atoms with Gasteiger partial charge in [0.25, 0.3) is 5.91 Å². The third-order valence-corrected chi connectivity index (χ3v) is 4.83. The van der Waals surface area contributed by atoms with E-state index < -0.39 is 12.6 Å². The molecule has 0 aliphatic rings. The Kier molecular flexibility index (Phi) is 9.13. The van der Waals surface area contributed by atoms with Gasteiger partial charge in [0, 0.05) is 11.3 Å². The smallest absolute Gasteiger partial charge is 0.322 e. The average Bonchev–Trinajstić information content (AvgIpc) is 2.58. The topological polar surface area (TPSA) is 29.1 Å². The minimum Gasteiger partial charge on any atom is -0.322 e. The van der Waals surface area contributed by atoms with Gasteiger partial charge in [-0.15, -0.1) is 6.58 Å². The highest BCUT2D eigenvalue weighted by atomic mass is 19.4. The van der Waals surface area contributed by atoms with Gasteiger partial charge in [0.1, 0.15) is 0 Å². The second-order valence-corrected chi connectivity index (χ2v) is 9.05. The van der Waals surface area contributed by atoms with Crippen LogP contribution >= 0.6 is 0 Å². The Morgan fingerprint density at radius 2 is 1.67 bits per heavy atom. The van der Waals surface area contributed by atoms with Crippen LogP contribution in [0.15, 0.2) is 60.2 Å². The van der Waals surface area contributed by atoms with Crippen molar-refractivity contribution in [2.45, 2.75) is 66.0 Å². The Morgan fingerprint density at radius 1 is 1.10 bits per heavy atom. The molecular formula is C25H34F3NO. The van der Waals surface area contributed by atoms with E-state index in [2.05, 4.69) is 32.7 Å². The third kappa shape index (κ3) is 9.47. The average molecular weight is 422 g/mol. The van der Waals surface area contributed by atoms with Crippen LogP contribution in [0, 0.1) is 11.8 Å². The number of allylic oxidation sites excluding steroid dienone is 4. The molecule has 2 nitrogen and oxygen atoms in total. The molecule has 0 saturated heterocycles. The zero-order valence-corrected chi connectivity index (χ0v) is 18.9. The van der Waals surface area contributed by atoms with Crippen LogP contribution in [0.2, 0.25) is 0 Å². The largest absolute Gasteiger partial charge is 0.392 e. The first-order valence-corrected chi connectivity index (χ1v) is 10.2. The maximum absolute atomic E-state index is 12.5. The molecule has 30 heavy (non-hydrogen) atoms. The summed E-state index contributed by atoms with van der Waals surface area (Å²) in [6, 6.07) is 7.78. The van der Waals surface area contributed by atoms with Crippen molar-refractivity contribution in [1.29, 1.82) is 0 Å². The van der Waals surface area contributed by atoms with Gasteiger partial charge in [-0.25, -0.2) is 0 Å². The zero-order valence-electron chi connectivity index (χ0n) is 18.9. The zero-order chi connectivity index (χ0) is 23.1. The second kappa shape index (κ2) is 10.6. The number of rotatable bonds is 8. The molecule has 2 unspecified atom stereocenters. The van der Waals surface area contributed by atoms with Crippen LogP contribution in [-0.2, 0) is 10.2 Å². The summed E-state index contributed by atoms with van der Waals surface area (Å²) in [7, 11) is 0. The van der Waals surface area contributed by atoms with Gasteiger partial charge in [-0.3, -0.25) is 4.79 Å². The summed E-state index contributed by atoms with van der Waals surface area (Å²) < 4.78 is 37.6. The van der Waals surface area contributed by atoms with E-state index in [1.165, 1.54) is 12.5 Å². The molecule has 0 radical (unpaired) electrons. The minimum atomic E-state index is -4.21. The molecule has 1 N–H and O–H groups in total. The first-order chi connectivity index (χ1) is 13.7. The number of amides is 1. The van der Waals surface area contributed by atoms with Gasteiger partial charge in [-0.05, 0) is 55.2 Å². The van der Waals surface area contributed by atoms with Crippen molar-refractivity contribution in [3.63, 3.8) is 0 Å². The third-order valence-electron chi connectivity index (χ3n) is 4.83. The molecule has 0 aliphatic heterocycles. The normalized spacial score (nSPS) is 15.5. The molecule has 0 bridgehead atoms. The number of carbonyl (C=O) groups is 1. The molecule has 0 spiro atoms. The second-order valence-electron chi connectivity index (χ2n) is 9.05. The number of hydrogen-bond acceptors (Lipinski definition) is 1. The van der Waals surface area contributed by atoms with Crippen molar-refractivity contribution in [2.75, 3.05) is 5.32 Å². The van der Waals surface area contributed by atoms with Crippen molar-refractivity contribution >= 4 is 11.6 Å². The van der Waals surface area contributed by atoms with Crippen LogP contribution in [0.4, 0.5) is 18.9 Å². The van der Waals surface area contributed by atoms with Crippen LogP contribution in [0.5, 0.6) is 0 Å². The predicted octanol–water partition coefficient (Wildman–Crippen LogP) is 7.60. The Balaban J connectivity index is 2.73. The molecule has 0 aromatic heterocycles. The number of benzene rings is 1. The minimum absolute atomic E-state index is 0.0111. The first kappa shape index (κ1) is 25.7. The standard InChI is InChI=1S/C25H34F3NO/c1-8-20(15-18(3)16-25(26,27)28)14-17(2)13-19(4)23(30)29-22-11-9-21(10-12-22)24(5,6)7/h8-13,15,17,20H,1,14,16H2,2-7H3,(H,29,30)/b18-15-,19-13+. The fourth-order valence-corrected chi connectivity index (χ4v) is 3.26. The van der Waals surface area contributed by atoms with E-state index in [1.807, 2.05) is 37.3 Å². The van der Waals surface area contributed by atoms with E-state index >= 15 is 0 Å². The lowest BCUT2D eigenvalue weighted by atomic mass is 9.87. The van der Waals surface area contributed by atoms with Crippen molar-refractivity contribution < 1.29 is 18.0 Å². The molecule has 1 rings (SSSR count). The summed E-state index contributed by atoms with van der Waals surface area (Å²) >= 11 is 0. The highest BCUT2D eigenvalue weighted by Crippen LogP contribution is 2.27. The van der Waals surface area contributed by atoms with E-state index in [4.69, 9.17) is 0 Å². The number of carbonyl (C=O) groups excluding carboxylic acids is 1. The maximum atomic E-state index is 12.5. The maximum Gasteiger partial charge on any atom is 0.392 e. The van der Waals surface area contributed by atoms with E-state index in [0.717, 1.165) is 5.69 Å². The summed E-state index contributed by atoms with van der Waals surface area (Å²) in [5.74, 6) is -0.360. The van der Waals surface area contributed by atoms with E-state index in [1.54, 1.807) is 19.1 Å². The van der Waals surface area contributed by atoms with E-state index in [0.29, 0.717) is 12.0 Å². The van der Waals surface area contributed by atoms with Crippen molar-refractivity contribution in [1.82, 2.24) is 0 Å². The lowest BCUT2D eigenvalue weighted by Gasteiger charge is -2.19. The van der Waals surface area contributed by atoms with Crippen LogP contribution in [0.1, 0.15) is 59.9 Å².